The van der Waals surface area contributed by atoms with Crippen LogP contribution in [-0.2, 0) is 14.3 Å². The SMILES string of the molecule is C#CC1(COC(C)=O)O[C@@H](n2cnc3c(N)nc(F)nc32)C[C@@H]1O. The average molecular weight is 335 g/mol. The maximum absolute atomic E-state index is 13.4. The summed E-state index contributed by atoms with van der Waals surface area (Å²) in [6, 6.07) is 0. The average Bonchev–Trinajstić information content (AvgIpc) is 3.07. The van der Waals surface area contributed by atoms with Crippen molar-refractivity contribution in [1.29, 1.82) is 0 Å². The van der Waals surface area contributed by atoms with Gasteiger partial charge in [0.25, 0.3) is 0 Å². The summed E-state index contributed by atoms with van der Waals surface area (Å²) in [5.74, 6) is 1.66. The molecule has 0 aliphatic carbocycles. The van der Waals surface area contributed by atoms with Gasteiger partial charge in [0.2, 0.25) is 0 Å². The molecule has 3 atom stereocenters. The van der Waals surface area contributed by atoms with E-state index >= 15 is 0 Å². The molecule has 0 saturated carbocycles. The van der Waals surface area contributed by atoms with Crippen LogP contribution in [0.5, 0.6) is 0 Å². The predicted molar refractivity (Wildman–Crippen MR) is 78.6 cm³/mol. The molecule has 0 aromatic carbocycles. The fraction of sp³-hybridized carbons (Fsp3) is 0.429. The zero-order valence-electron chi connectivity index (χ0n) is 12.6. The van der Waals surface area contributed by atoms with Crippen molar-refractivity contribution in [3.63, 3.8) is 0 Å². The summed E-state index contributed by atoms with van der Waals surface area (Å²) < 4.78 is 25.4. The van der Waals surface area contributed by atoms with Crippen LogP contribution in [0.15, 0.2) is 6.33 Å². The van der Waals surface area contributed by atoms with Crippen LogP contribution >= 0.6 is 0 Å². The van der Waals surface area contributed by atoms with Crippen molar-refractivity contribution in [2.24, 2.45) is 0 Å². The van der Waals surface area contributed by atoms with E-state index < -0.39 is 30.0 Å². The van der Waals surface area contributed by atoms with Gasteiger partial charge < -0.3 is 20.3 Å². The lowest BCUT2D eigenvalue weighted by atomic mass is 9.99. The minimum atomic E-state index is -1.51. The molecule has 9 nitrogen and oxygen atoms in total. The minimum absolute atomic E-state index is 0.0719. The first-order chi connectivity index (χ1) is 11.4. The maximum atomic E-state index is 13.4. The van der Waals surface area contributed by atoms with Crippen LogP contribution in [0.3, 0.4) is 0 Å². The molecule has 0 spiro atoms. The van der Waals surface area contributed by atoms with Crippen molar-refractivity contribution in [3.8, 4) is 12.3 Å². The van der Waals surface area contributed by atoms with Gasteiger partial charge in [-0.3, -0.25) is 9.36 Å². The number of halogens is 1. The number of hydrogen-bond acceptors (Lipinski definition) is 8. The Morgan fingerprint density at radius 2 is 2.46 bits per heavy atom. The van der Waals surface area contributed by atoms with E-state index in [1.54, 1.807) is 0 Å². The number of nitrogens with two attached hydrogens (primary N) is 1. The van der Waals surface area contributed by atoms with Crippen LogP contribution in [0.1, 0.15) is 19.6 Å². The Bertz CT molecular complexity index is 848. The van der Waals surface area contributed by atoms with E-state index in [1.165, 1.54) is 17.8 Å². The summed E-state index contributed by atoms with van der Waals surface area (Å²) in [6.45, 7) is 0.906. The van der Waals surface area contributed by atoms with Crippen LogP contribution < -0.4 is 5.73 Å². The van der Waals surface area contributed by atoms with Crippen LogP contribution in [-0.4, -0.2) is 48.9 Å². The summed E-state index contributed by atoms with van der Waals surface area (Å²) in [7, 11) is 0. The third-order valence-electron chi connectivity index (χ3n) is 3.78. The van der Waals surface area contributed by atoms with E-state index in [1.807, 2.05) is 0 Å². The van der Waals surface area contributed by atoms with Gasteiger partial charge in [-0.05, 0) is 0 Å². The summed E-state index contributed by atoms with van der Waals surface area (Å²) in [4.78, 5) is 22.1. The molecule has 2 aromatic rings. The minimum Gasteiger partial charge on any atom is -0.462 e. The number of terminal acetylenes is 1. The smallest absolute Gasteiger partial charge is 0.312 e. The molecule has 2 aromatic heterocycles. The predicted octanol–water partition coefficient (Wildman–Crippen LogP) is -0.238. The van der Waals surface area contributed by atoms with Crippen LogP contribution in [0.4, 0.5) is 10.2 Å². The van der Waals surface area contributed by atoms with E-state index in [0.717, 1.165) is 0 Å². The molecule has 0 amide bonds. The summed E-state index contributed by atoms with van der Waals surface area (Å²) in [5.41, 5.74) is 4.41. The van der Waals surface area contributed by atoms with Gasteiger partial charge in [-0.15, -0.1) is 6.42 Å². The first kappa shape index (κ1) is 16.1. The fourth-order valence-electron chi connectivity index (χ4n) is 2.55. The van der Waals surface area contributed by atoms with Crippen LogP contribution in [0.2, 0.25) is 0 Å². The number of rotatable bonds is 3. The second-order valence-electron chi connectivity index (χ2n) is 5.34. The number of aliphatic hydroxyl groups excluding tert-OH is 1. The Morgan fingerprint density at radius 3 is 3.12 bits per heavy atom. The normalized spacial score (nSPS) is 26.4. The number of carbonyl (C=O) groups is 1. The lowest BCUT2D eigenvalue weighted by molar-refractivity contribution is -0.153. The molecule has 1 fully saturated rings. The van der Waals surface area contributed by atoms with Gasteiger partial charge in [-0.25, -0.2) is 4.98 Å². The molecular weight excluding hydrogens is 321 g/mol. The van der Waals surface area contributed by atoms with Crippen molar-refractivity contribution in [1.82, 2.24) is 19.5 Å². The summed E-state index contributed by atoms with van der Waals surface area (Å²) in [6.07, 6.45) is 3.97. The Balaban J connectivity index is 1.95. The lowest BCUT2D eigenvalue weighted by Gasteiger charge is -2.25. The van der Waals surface area contributed by atoms with E-state index in [0.29, 0.717) is 0 Å². The molecule has 0 radical (unpaired) electrons. The number of aromatic nitrogens is 4. The maximum Gasteiger partial charge on any atom is 0.312 e. The van der Waals surface area contributed by atoms with E-state index in [9.17, 15) is 14.3 Å². The van der Waals surface area contributed by atoms with E-state index in [-0.39, 0.29) is 30.0 Å². The van der Waals surface area contributed by atoms with Gasteiger partial charge >= 0.3 is 12.0 Å². The van der Waals surface area contributed by atoms with Crippen molar-refractivity contribution < 1.29 is 23.8 Å². The first-order valence-corrected chi connectivity index (χ1v) is 6.99. The summed E-state index contributed by atoms with van der Waals surface area (Å²) in [5, 5.41) is 10.3. The molecule has 3 rings (SSSR count). The number of nitrogens with zero attached hydrogens (tertiary/aromatic N) is 4. The quantitative estimate of drug-likeness (QED) is 0.447. The number of imidazole rings is 1. The Kier molecular flexibility index (Phi) is 3.82. The molecule has 24 heavy (non-hydrogen) atoms. The Hall–Kier alpha value is -2.77. The van der Waals surface area contributed by atoms with Gasteiger partial charge in [0.05, 0.1) is 6.33 Å². The molecule has 3 heterocycles. The molecular formula is C14H14FN5O4. The highest BCUT2D eigenvalue weighted by atomic mass is 19.1. The number of aliphatic hydroxyl groups is 1. The topological polar surface area (TPSA) is 125 Å². The molecule has 1 aliphatic rings. The van der Waals surface area contributed by atoms with Gasteiger partial charge in [0.1, 0.15) is 18.9 Å². The number of ether oxygens (including phenoxy) is 2. The second kappa shape index (κ2) is 5.70. The second-order valence-corrected chi connectivity index (χ2v) is 5.34. The van der Waals surface area contributed by atoms with Crippen LogP contribution in [0.25, 0.3) is 11.2 Å². The molecule has 1 unspecified atom stereocenters. The third-order valence-corrected chi connectivity index (χ3v) is 3.78. The number of nitrogen functional groups attached to an aromatic ring is 1. The molecule has 126 valence electrons. The number of fused-ring (bicyclic) bond motifs is 1. The number of carbonyl (C=O) groups excluding carboxylic acids is 1. The molecule has 1 saturated heterocycles. The van der Waals surface area contributed by atoms with Crippen molar-refractivity contribution >= 4 is 23.0 Å². The number of hydrogen-bond donors (Lipinski definition) is 2. The largest absolute Gasteiger partial charge is 0.462 e. The standard InChI is InChI=1S/C14H14FN5O4/c1-3-14(5-23-7(2)21)8(22)4-9(24-14)20-6-17-10-11(16)18-13(15)19-12(10)20/h1,6,8-9,22H,4-5H2,2H3,(H2,16,18,19)/t8-,9+,14?/m0/s1. The third kappa shape index (κ3) is 2.53. The van der Waals surface area contributed by atoms with E-state index in [4.69, 9.17) is 21.6 Å². The fourth-order valence-corrected chi connectivity index (χ4v) is 2.55. The van der Waals surface area contributed by atoms with E-state index in [2.05, 4.69) is 20.9 Å². The highest BCUT2D eigenvalue weighted by molar-refractivity contribution is 5.81. The Morgan fingerprint density at radius 1 is 1.71 bits per heavy atom. The van der Waals surface area contributed by atoms with Crippen molar-refractivity contribution in [3.05, 3.63) is 12.4 Å². The van der Waals surface area contributed by atoms with Gasteiger partial charge in [0.15, 0.2) is 22.6 Å². The van der Waals surface area contributed by atoms with Gasteiger partial charge in [-0.2, -0.15) is 14.4 Å². The van der Waals surface area contributed by atoms with Crippen molar-refractivity contribution in [2.45, 2.75) is 31.3 Å². The monoisotopic (exact) mass is 335 g/mol. The lowest BCUT2D eigenvalue weighted by Crippen LogP contribution is -2.43. The number of anilines is 1. The molecule has 10 heteroatoms. The van der Waals surface area contributed by atoms with Crippen molar-refractivity contribution in [2.75, 3.05) is 12.3 Å². The van der Waals surface area contributed by atoms with Gasteiger partial charge in [-0.1, -0.05) is 5.92 Å². The Labute approximate surface area is 135 Å². The first-order valence-electron chi connectivity index (χ1n) is 6.99. The molecule has 1 aliphatic heterocycles. The number of esters is 1. The highest BCUT2D eigenvalue weighted by Gasteiger charge is 2.49. The van der Waals surface area contributed by atoms with Crippen LogP contribution in [0, 0.1) is 18.4 Å². The summed E-state index contributed by atoms with van der Waals surface area (Å²) >= 11 is 0. The highest BCUT2D eigenvalue weighted by Crippen LogP contribution is 2.38. The zero-order valence-corrected chi connectivity index (χ0v) is 12.6. The molecule has 0 bridgehead atoms. The molecule has 3 N–H and O–H groups in total. The zero-order chi connectivity index (χ0) is 17.5. The van der Waals surface area contributed by atoms with Gasteiger partial charge in [0, 0.05) is 13.3 Å².